The first-order chi connectivity index (χ1) is 10.8. The maximum absolute atomic E-state index is 12.0. The van der Waals surface area contributed by atoms with Crippen LogP contribution in [0.3, 0.4) is 0 Å². The Balaban J connectivity index is 2.34. The lowest BCUT2D eigenvalue weighted by atomic mass is 10.1. The molecular weight excluding hydrogens is 341 g/mol. The number of benzene rings is 1. The summed E-state index contributed by atoms with van der Waals surface area (Å²) in [5, 5.41) is 0. The summed E-state index contributed by atoms with van der Waals surface area (Å²) in [4.78, 5) is 17.0. The molecule has 0 spiro atoms. The minimum Gasteiger partial charge on any atom is -0.405 e. The van der Waals surface area contributed by atoms with E-state index in [1.54, 1.807) is 30.3 Å². The van der Waals surface area contributed by atoms with Gasteiger partial charge in [-0.05, 0) is 37.8 Å². The van der Waals surface area contributed by atoms with Crippen molar-refractivity contribution in [3.05, 3.63) is 30.3 Å². The SMILES string of the molecule is CC(C)CCCON[C@@H](C)C(=O)OP(=O)(Cl)Oc1ccccc1. The van der Waals surface area contributed by atoms with E-state index in [1.165, 1.54) is 6.92 Å². The van der Waals surface area contributed by atoms with Crippen LogP contribution in [0.15, 0.2) is 30.3 Å². The summed E-state index contributed by atoms with van der Waals surface area (Å²) in [7, 11) is 0. The lowest BCUT2D eigenvalue weighted by molar-refractivity contribution is -0.140. The molecule has 0 aliphatic rings. The summed E-state index contributed by atoms with van der Waals surface area (Å²) >= 11 is 5.65. The Kier molecular flexibility index (Phi) is 8.63. The predicted molar refractivity (Wildman–Crippen MR) is 89.2 cm³/mol. The highest BCUT2D eigenvalue weighted by molar-refractivity contribution is 7.82. The number of carbonyl (C=O) groups is 1. The number of carbonyl (C=O) groups excluding carboxylic acids is 1. The zero-order chi connectivity index (χ0) is 17.3. The highest BCUT2D eigenvalue weighted by atomic mass is 35.7. The molecule has 0 radical (unpaired) electrons. The molecule has 0 aliphatic heterocycles. The Bertz CT molecular complexity index is 526. The molecular formula is C15H23ClNO5P. The molecule has 1 N–H and O–H groups in total. The Morgan fingerprint density at radius 2 is 1.91 bits per heavy atom. The van der Waals surface area contributed by atoms with Gasteiger partial charge in [-0.15, -0.1) is 0 Å². The van der Waals surface area contributed by atoms with E-state index in [9.17, 15) is 9.36 Å². The van der Waals surface area contributed by atoms with Crippen molar-refractivity contribution in [3.8, 4) is 5.75 Å². The van der Waals surface area contributed by atoms with Crippen LogP contribution in [0.1, 0.15) is 33.6 Å². The van der Waals surface area contributed by atoms with Gasteiger partial charge in [-0.25, -0.2) is 9.36 Å². The van der Waals surface area contributed by atoms with E-state index in [2.05, 4.69) is 19.3 Å². The molecule has 0 saturated carbocycles. The fourth-order valence-corrected chi connectivity index (χ4v) is 2.84. The normalized spacial score (nSPS) is 15.0. The van der Waals surface area contributed by atoms with Crippen LogP contribution in [-0.4, -0.2) is 18.6 Å². The van der Waals surface area contributed by atoms with Gasteiger partial charge in [-0.1, -0.05) is 32.0 Å². The monoisotopic (exact) mass is 363 g/mol. The van der Waals surface area contributed by atoms with Gasteiger partial charge >= 0.3 is 12.9 Å². The molecule has 2 atom stereocenters. The molecule has 0 heterocycles. The molecule has 0 fully saturated rings. The molecule has 8 heteroatoms. The van der Waals surface area contributed by atoms with Gasteiger partial charge in [0.15, 0.2) is 0 Å². The largest absolute Gasteiger partial charge is 0.532 e. The maximum Gasteiger partial charge on any atom is 0.532 e. The number of halogens is 1. The molecule has 1 rings (SSSR count). The van der Waals surface area contributed by atoms with E-state index >= 15 is 0 Å². The summed E-state index contributed by atoms with van der Waals surface area (Å²) in [6.45, 7) is 2.18. The molecule has 6 nitrogen and oxygen atoms in total. The molecule has 1 aromatic carbocycles. The second kappa shape index (κ2) is 9.93. The molecule has 1 unspecified atom stereocenters. The van der Waals surface area contributed by atoms with Crippen molar-refractivity contribution < 1.29 is 23.2 Å². The fourth-order valence-electron chi connectivity index (χ4n) is 1.61. The first kappa shape index (κ1) is 20.0. The Labute approximate surface area is 141 Å². The van der Waals surface area contributed by atoms with Crippen LogP contribution in [-0.2, 0) is 18.7 Å². The summed E-state index contributed by atoms with van der Waals surface area (Å²) in [6, 6.07) is 7.43. The lowest BCUT2D eigenvalue weighted by Gasteiger charge is -2.16. The topological polar surface area (TPSA) is 73.9 Å². The van der Waals surface area contributed by atoms with Crippen LogP contribution in [0.2, 0.25) is 0 Å². The summed E-state index contributed by atoms with van der Waals surface area (Å²) in [6.07, 6.45) is 1.90. The number of hydrogen-bond acceptors (Lipinski definition) is 6. The molecule has 23 heavy (non-hydrogen) atoms. The van der Waals surface area contributed by atoms with E-state index in [4.69, 9.17) is 25.1 Å². The third kappa shape index (κ3) is 8.96. The van der Waals surface area contributed by atoms with Crippen molar-refractivity contribution in [2.45, 2.75) is 39.7 Å². The van der Waals surface area contributed by atoms with E-state index < -0.39 is 19.0 Å². The molecule has 0 aliphatic carbocycles. The van der Waals surface area contributed by atoms with Crippen LogP contribution >= 0.6 is 18.2 Å². The van der Waals surface area contributed by atoms with E-state index in [0.29, 0.717) is 12.5 Å². The number of rotatable bonds is 10. The van der Waals surface area contributed by atoms with Gasteiger partial charge in [0.25, 0.3) is 0 Å². The number of nitrogens with one attached hydrogen (secondary N) is 1. The van der Waals surface area contributed by atoms with Crippen LogP contribution in [0, 0.1) is 5.92 Å². The quantitative estimate of drug-likeness (QED) is 0.379. The standard InChI is InChI=1S/C15H23ClNO5P/c1-12(2)8-7-11-20-17-13(3)15(18)22-23(16,19)21-14-9-5-4-6-10-14/h4-6,9-10,12-13,17H,7-8,11H2,1-3H3/t13-,23?/m0/s1. The first-order valence-corrected chi connectivity index (χ1v) is 9.90. The van der Waals surface area contributed by atoms with Crippen LogP contribution in [0.5, 0.6) is 5.75 Å². The number of hydrogen-bond donors (Lipinski definition) is 1. The average molecular weight is 364 g/mol. The Morgan fingerprint density at radius 3 is 2.52 bits per heavy atom. The first-order valence-electron chi connectivity index (χ1n) is 7.45. The third-order valence-electron chi connectivity index (χ3n) is 2.80. The molecule has 130 valence electrons. The summed E-state index contributed by atoms with van der Waals surface area (Å²) < 4.78 is 21.7. The maximum atomic E-state index is 12.0. The van der Waals surface area contributed by atoms with Crippen molar-refractivity contribution in [2.75, 3.05) is 6.61 Å². The number of para-hydroxylation sites is 1. The van der Waals surface area contributed by atoms with Gasteiger partial charge in [-0.3, -0.25) is 0 Å². The summed E-state index contributed by atoms with van der Waals surface area (Å²) in [5.41, 5.74) is 2.53. The van der Waals surface area contributed by atoms with Gasteiger partial charge in [0.2, 0.25) is 0 Å². The molecule has 0 saturated heterocycles. The van der Waals surface area contributed by atoms with Gasteiger partial charge in [0.1, 0.15) is 11.8 Å². The van der Waals surface area contributed by atoms with Crippen LogP contribution in [0.4, 0.5) is 0 Å². The van der Waals surface area contributed by atoms with Crippen LogP contribution < -0.4 is 10.0 Å². The lowest BCUT2D eigenvalue weighted by Crippen LogP contribution is -2.35. The van der Waals surface area contributed by atoms with E-state index in [-0.39, 0.29) is 5.75 Å². The van der Waals surface area contributed by atoms with Gasteiger partial charge in [0, 0.05) is 11.2 Å². The molecule has 0 amide bonds. The number of hydroxylamine groups is 1. The van der Waals surface area contributed by atoms with Crippen molar-refractivity contribution in [2.24, 2.45) is 5.92 Å². The van der Waals surface area contributed by atoms with Gasteiger partial charge in [0.05, 0.1) is 6.61 Å². The second-order valence-corrected chi connectivity index (χ2v) is 7.94. The minimum atomic E-state index is -4.06. The minimum absolute atomic E-state index is 0.254. The van der Waals surface area contributed by atoms with Crippen molar-refractivity contribution >= 4 is 24.2 Å². The fraction of sp³-hybridized carbons (Fsp3) is 0.533. The van der Waals surface area contributed by atoms with E-state index in [1.807, 2.05) is 0 Å². The van der Waals surface area contributed by atoms with Crippen molar-refractivity contribution in [1.29, 1.82) is 0 Å². The van der Waals surface area contributed by atoms with Crippen LogP contribution in [0.25, 0.3) is 0 Å². The van der Waals surface area contributed by atoms with Gasteiger partial charge < -0.3 is 13.9 Å². The van der Waals surface area contributed by atoms with E-state index in [0.717, 1.165) is 12.8 Å². The predicted octanol–water partition coefficient (Wildman–Crippen LogP) is 4.30. The molecule has 1 aromatic rings. The third-order valence-corrected chi connectivity index (χ3v) is 4.04. The zero-order valence-electron chi connectivity index (χ0n) is 13.5. The van der Waals surface area contributed by atoms with Crippen molar-refractivity contribution in [1.82, 2.24) is 5.48 Å². The smallest absolute Gasteiger partial charge is 0.405 e. The van der Waals surface area contributed by atoms with Gasteiger partial charge in [-0.2, -0.15) is 5.48 Å². The Morgan fingerprint density at radius 1 is 1.26 bits per heavy atom. The Hall–Kier alpha value is -1.07. The highest BCUT2D eigenvalue weighted by Crippen LogP contribution is 2.53. The molecule has 0 bridgehead atoms. The second-order valence-electron chi connectivity index (χ2n) is 5.47. The highest BCUT2D eigenvalue weighted by Gasteiger charge is 2.30. The summed E-state index contributed by atoms with van der Waals surface area (Å²) in [5.74, 6) is 0.0329. The zero-order valence-corrected chi connectivity index (χ0v) is 15.2. The van der Waals surface area contributed by atoms with Crippen molar-refractivity contribution in [3.63, 3.8) is 0 Å². The average Bonchev–Trinajstić information content (AvgIpc) is 2.46. The molecule has 0 aromatic heterocycles.